The van der Waals surface area contributed by atoms with E-state index in [1.54, 1.807) is 13.8 Å². The number of hydrogen-bond acceptors (Lipinski definition) is 5. The number of fused-ring (bicyclic) bond motifs is 2. The van der Waals surface area contributed by atoms with Crippen LogP contribution in [-0.2, 0) is 23.8 Å². The van der Waals surface area contributed by atoms with Crippen molar-refractivity contribution in [2.24, 2.45) is 5.92 Å². The van der Waals surface area contributed by atoms with E-state index in [4.69, 9.17) is 14.2 Å². The Hall–Kier alpha value is -1.36. The predicted octanol–water partition coefficient (Wildman–Crippen LogP) is 0.826. The second kappa shape index (κ2) is 4.49. The minimum absolute atomic E-state index is 0.186. The monoisotopic (exact) mass is 240 g/mol. The molecule has 0 amide bonds. The minimum atomic E-state index is -1.58. The first-order chi connectivity index (χ1) is 8.15. The molecule has 2 rings (SSSR count). The fraction of sp³-hybridized carbons (Fsp3) is 0.667. The Labute approximate surface area is 99.7 Å². The summed E-state index contributed by atoms with van der Waals surface area (Å²) in [6, 6.07) is 0. The third kappa shape index (κ3) is 1.74. The van der Waals surface area contributed by atoms with E-state index < -0.39 is 17.5 Å². The number of rotatable bonds is 4. The highest BCUT2D eigenvalue weighted by atomic mass is 16.6. The molecule has 0 spiro atoms. The van der Waals surface area contributed by atoms with Gasteiger partial charge in [0.15, 0.2) is 0 Å². The van der Waals surface area contributed by atoms with Crippen molar-refractivity contribution in [2.75, 3.05) is 13.2 Å². The minimum Gasteiger partial charge on any atom is -0.463 e. The highest BCUT2D eigenvalue weighted by Gasteiger charge is 2.62. The smallest absolute Gasteiger partial charge is 0.350 e. The molecule has 0 aromatic carbocycles. The van der Waals surface area contributed by atoms with Crippen molar-refractivity contribution in [2.45, 2.75) is 32.0 Å². The molecule has 2 aliphatic rings. The van der Waals surface area contributed by atoms with E-state index in [2.05, 4.69) is 0 Å². The molecule has 0 aromatic rings. The molecule has 17 heavy (non-hydrogen) atoms. The molecule has 1 aliphatic heterocycles. The lowest BCUT2D eigenvalue weighted by molar-refractivity contribution is -0.191. The van der Waals surface area contributed by atoms with E-state index in [0.29, 0.717) is 6.42 Å². The molecule has 1 aliphatic carbocycles. The molecule has 94 valence electrons. The molecule has 5 heteroatoms. The van der Waals surface area contributed by atoms with Crippen LogP contribution in [0.25, 0.3) is 0 Å². The molecular weight excluding hydrogens is 224 g/mol. The first-order valence-electron chi connectivity index (χ1n) is 5.85. The highest BCUT2D eigenvalue weighted by molar-refractivity contribution is 6.05. The normalized spacial score (nSPS) is 28.1. The average Bonchev–Trinajstić information content (AvgIpc) is 2.89. The van der Waals surface area contributed by atoms with Gasteiger partial charge in [-0.15, -0.1) is 0 Å². The van der Waals surface area contributed by atoms with Gasteiger partial charge in [-0.1, -0.05) is 12.2 Å². The first kappa shape index (κ1) is 12.1. The van der Waals surface area contributed by atoms with E-state index >= 15 is 0 Å². The van der Waals surface area contributed by atoms with Gasteiger partial charge >= 0.3 is 11.9 Å². The van der Waals surface area contributed by atoms with Crippen LogP contribution in [0.1, 0.15) is 20.3 Å². The lowest BCUT2D eigenvalue weighted by Gasteiger charge is -2.29. The van der Waals surface area contributed by atoms with Gasteiger partial charge in [0.05, 0.1) is 19.3 Å². The maximum Gasteiger partial charge on any atom is 0.350 e. The Balaban J connectivity index is 2.27. The lowest BCUT2D eigenvalue weighted by Crippen LogP contribution is -2.53. The molecule has 0 saturated carbocycles. The van der Waals surface area contributed by atoms with Gasteiger partial charge in [-0.05, 0) is 20.3 Å². The van der Waals surface area contributed by atoms with Gasteiger partial charge < -0.3 is 14.2 Å². The Bertz CT molecular complexity index is 342. The van der Waals surface area contributed by atoms with Crippen molar-refractivity contribution in [1.82, 2.24) is 0 Å². The maximum atomic E-state index is 12.0. The maximum absolute atomic E-state index is 12.0. The zero-order chi connectivity index (χ0) is 12.5. The Morgan fingerprint density at radius 1 is 1.24 bits per heavy atom. The summed E-state index contributed by atoms with van der Waals surface area (Å²) in [4.78, 5) is 24.0. The van der Waals surface area contributed by atoms with E-state index in [0.717, 1.165) is 0 Å². The van der Waals surface area contributed by atoms with Gasteiger partial charge in [-0.25, -0.2) is 9.59 Å². The molecule has 0 unspecified atom stereocenters. The summed E-state index contributed by atoms with van der Waals surface area (Å²) < 4.78 is 15.4. The standard InChI is InChI=1S/C12H16O5/c1-3-15-10(13)12(11(14)16-4-2)8-5-6-9(7-8)17-12/h5-6,8-9H,3-4,7H2,1-2H3/t8-,9+/m1/s1. The zero-order valence-corrected chi connectivity index (χ0v) is 9.97. The summed E-state index contributed by atoms with van der Waals surface area (Å²) in [5, 5.41) is 0. The van der Waals surface area contributed by atoms with Crippen molar-refractivity contribution >= 4 is 11.9 Å². The third-order valence-corrected chi connectivity index (χ3v) is 3.06. The second-order valence-electron chi connectivity index (χ2n) is 4.06. The highest BCUT2D eigenvalue weighted by Crippen LogP contribution is 2.44. The largest absolute Gasteiger partial charge is 0.463 e. The summed E-state index contributed by atoms with van der Waals surface area (Å²) in [7, 11) is 0. The molecule has 1 saturated heterocycles. The number of esters is 2. The van der Waals surface area contributed by atoms with Crippen LogP contribution in [0.4, 0.5) is 0 Å². The fourth-order valence-corrected chi connectivity index (χ4v) is 2.34. The molecule has 2 atom stereocenters. The second-order valence-corrected chi connectivity index (χ2v) is 4.06. The molecule has 2 bridgehead atoms. The molecule has 1 heterocycles. The summed E-state index contributed by atoms with van der Waals surface area (Å²) in [5.74, 6) is -1.56. The zero-order valence-electron chi connectivity index (χ0n) is 9.97. The quantitative estimate of drug-likeness (QED) is 0.413. The van der Waals surface area contributed by atoms with Crippen molar-refractivity contribution in [1.29, 1.82) is 0 Å². The van der Waals surface area contributed by atoms with Crippen LogP contribution in [-0.4, -0.2) is 36.9 Å². The van der Waals surface area contributed by atoms with E-state index in [-0.39, 0.29) is 25.2 Å². The SMILES string of the molecule is CCOC(=O)C1(C(=O)OCC)O[C@H]2C=C[C@@H]1C2. The van der Waals surface area contributed by atoms with Crippen LogP contribution in [0.15, 0.2) is 12.2 Å². The molecule has 0 aromatic heterocycles. The van der Waals surface area contributed by atoms with Crippen molar-refractivity contribution in [3.05, 3.63) is 12.2 Å². The van der Waals surface area contributed by atoms with Crippen LogP contribution in [0.3, 0.4) is 0 Å². The molecule has 5 nitrogen and oxygen atoms in total. The number of hydrogen-bond donors (Lipinski definition) is 0. The van der Waals surface area contributed by atoms with Gasteiger partial charge in [0.25, 0.3) is 5.60 Å². The predicted molar refractivity (Wildman–Crippen MR) is 58.1 cm³/mol. The van der Waals surface area contributed by atoms with Gasteiger partial charge in [0.2, 0.25) is 0 Å². The van der Waals surface area contributed by atoms with Crippen LogP contribution in [0.5, 0.6) is 0 Å². The number of ether oxygens (including phenoxy) is 3. The first-order valence-corrected chi connectivity index (χ1v) is 5.85. The summed E-state index contributed by atoms with van der Waals surface area (Å²) in [6.07, 6.45) is 4.15. The van der Waals surface area contributed by atoms with Gasteiger partial charge in [0.1, 0.15) is 0 Å². The van der Waals surface area contributed by atoms with E-state index in [1.807, 2.05) is 12.2 Å². The van der Waals surface area contributed by atoms with E-state index in [1.165, 1.54) is 0 Å². The molecule has 1 fully saturated rings. The van der Waals surface area contributed by atoms with Crippen molar-refractivity contribution in [3.63, 3.8) is 0 Å². The molecular formula is C12H16O5. The fourth-order valence-electron chi connectivity index (χ4n) is 2.34. The van der Waals surface area contributed by atoms with Crippen LogP contribution in [0, 0.1) is 5.92 Å². The van der Waals surface area contributed by atoms with E-state index in [9.17, 15) is 9.59 Å². The van der Waals surface area contributed by atoms with Crippen LogP contribution < -0.4 is 0 Å². The molecule has 0 N–H and O–H groups in total. The Morgan fingerprint density at radius 2 is 1.82 bits per heavy atom. The third-order valence-electron chi connectivity index (χ3n) is 3.06. The van der Waals surface area contributed by atoms with Crippen molar-refractivity contribution in [3.8, 4) is 0 Å². The summed E-state index contributed by atoms with van der Waals surface area (Å²) >= 11 is 0. The Kier molecular flexibility index (Phi) is 3.19. The topological polar surface area (TPSA) is 61.8 Å². The van der Waals surface area contributed by atoms with Crippen LogP contribution in [0.2, 0.25) is 0 Å². The number of carbonyl (C=O) groups excluding carboxylic acids is 2. The lowest BCUT2D eigenvalue weighted by atomic mass is 9.88. The number of carbonyl (C=O) groups is 2. The Morgan fingerprint density at radius 3 is 2.18 bits per heavy atom. The van der Waals surface area contributed by atoms with Gasteiger partial charge in [0, 0.05) is 5.92 Å². The van der Waals surface area contributed by atoms with Gasteiger partial charge in [-0.2, -0.15) is 0 Å². The van der Waals surface area contributed by atoms with Gasteiger partial charge in [-0.3, -0.25) is 0 Å². The molecule has 0 radical (unpaired) electrons. The van der Waals surface area contributed by atoms with Crippen LogP contribution >= 0.6 is 0 Å². The average molecular weight is 240 g/mol. The summed E-state index contributed by atoms with van der Waals surface area (Å²) in [5.41, 5.74) is -1.58. The van der Waals surface area contributed by atoms with Crippen molar-refractivity contribution < 1.29 is 23.8 Å². The summed E-state index contributed by atoms with van der Waals surface area (Å²) in [6.45, 7) is 3.81.